The summed E-state index contributed by atoms with van der Waals surface area (Å²) in [5.41, 5.74) is 0.751. The number of hydrogen-bond donors (Lipinski definition) is 3. The molecular weight excluding hydrogens is 505 g/mol. The van der Waals surface area contributed by atoms with E-state index in [4.69, 9.17) is 14.2 Å². The highest BCUT2D eigenvalue weighted by Crippen LogP contribution is 2.34. The van der Waals surface area contributed by atoms with Gasteiger partial charge in [-0.3, -0.25) is 0 Å². The first-order chi connectivity index (χ1) is 13.4. The molecule has 29 heavy (non-hydrogen) atoms. The minimum atomic E-state index is -0.989. The zero-order valence-corrected chi connectivity index (χ0v) is 20.6. The van der Waals surface area contributed by atoms with Crippen LogP contribution in [0.1, 0.15) is 25.0 Å². The number of aliphatic imine (C=N–C) groups is 1. The van der Waals surface area contributed by atoms with Crippen LogP contribution in [0.25, 0.3) is 0 Å². The highest BCUT2D eigenvalue weighted by Gasteiger charge is 2.23. The van der Waals surface area contributed by atoms with Gasteiger partial charge in [-0.1, -0.05) is 0 Å². The van der Waals surface area contributed by atoms with Gasteiger partial charge in [0.15, 0.2) is 17.5 Å². The molecule has 1 unspecified atom stereocenters. The van der Waals surface area contributed by atoms with Crippen molar-refractivity contribution >= 4 is 41.3 Å². The summed E-state index contributed by atoms with van der Waals surface area (Å²) in [6.07, 6.45) is 0. The average molecular weight is 535 g/mol. The molecule has 3 N–H and O–H groups in total. The Bertz CT molecular complexity index is 782. The lowest BCUT2D eigenvalue weighted by atomic mass is 9.99. The summed E-state index contributed by atoms with van der Waals surface area (Å²) >= 11 is 1.56. The van der Waals surface area contributed by atoms with Crippen LogP contribution in [0, 0.1) is 0 Å². The Hall–Kier alpha value is -1.72. The summed E-state index contributed by atoms with van der Waals surface area (Å²) in [4.78, 5) is 4.62. The van der Waals surface area contributed by atoms with Crippen molar-refractivity contribution in [1.82, 2.24) is 10.6 Å². The van der Waals surface area contributed by atoms with E-state index in [-0.39, 0.29) is 24.0 Å². The third kappa shape index (κ3) is 6.93. The van der Waals surface area contributed by atoms with Crippen molar-refractivity contribution in [3.63, 3.8) is 0 Å². The Labute approximate surface area is 193 Å². The summed E-state index contributed by atoms with van der Waals surface area (Å²) in [5, 5.41) is 21.0. The molecule has 1 aromatic carbocycles. The number of hydrogen-bond acceptors (Lipinski definition) is 6. The van der Waals surface area contributed by atoms with Crippen molar-refractivity contribution in [2.24, 2.45) is 4.99 Å². The second-order valence-electron chi connectivity index (χ2n) is 6.35. The minimum absolute atomic E-state index is 0. The van der Waals surface area contributed by atoms with Gasteiger partial charge in [0, 0.05) is 18.2 Å². The fraction of sp³-hybridized carbons (Fsp3) is 0.450. The lowest BCUT2D eigenvalue weighted by molar-refractivity contribution is 0.0621. The monoisotopic (exact) mass is 535 g/mol. The van der Waals surface area contributed by atoms with Gasteiger partial charge in [-0.25, -0.2) is 4.99 Å². The van der Waals surface area contributed by atoms with Crippen molar-refractivity contribution in [3.05, 3.63) is 40.1 Å². The van der Waals surface area contributed by atoms with E-state index in [1.165, 1.54) is 0 Å². The fourth-order valence-corrected chi connectivity index (χ4v) is 3.43. The largest absolute Gasteiger partial charge is 0.496 e. The number of thiophene rings is 1. The normalized spacial score (nSPS) is 13.1. The Morgan fingerprint density at radius 2 is 1.76 bits per heavy atom. The lowest BCUT2D eigenvalue weighted by Gasteiger charge is -2.24. The van der Waals surface area contributed by atoms with Crippen molar-refractivity contribution in [1.29, 1.82) is 0 Å². The highest BCUT2D eigenvalue weighted by molar-refractivity contribution is 14.0. The Kier molecular flexibility index (Phi) is 10.5. The van der Waals surface area contributed by atoms with Crippen LogP contribution >= 0.6 is 35.3 Å². The molecule has 0 saturated heterocycles. The van der Waals surface area contributed by atoms with Crippen LogP contribution in [-0.2, 0) is 12.1 Å². The number of halogens is 1. The molecule has 0 aliphatic carbocycles. The summed E-state index contributed by atoms with van der Waals surface area (Å²) in [7, 11) is 4.78. The van der Waals surface area contributed by atoms with Gasteiger partial charge < -0.3 is 30.0 Å². The molecule has 7 nitrogen and oxygen atoms in total. The second kappa shape index (κ2) is 12.1. The first-order valence-electron chi connectivity index (χ1n) is 9.01. The Balaban J connectivity index is 0.00000420. The van der Waals surface area contributed by atoms with Crippen molar-refractivity contribution < 1.29 is 19.3 Å². The molecule has 1 atom stereocenters. The van der Waals surface area contributed by atoms with Gasteiger partial charge in [-0.15, -0.1) is 24.0 Å². The molecule has 0 radical (unpaired) electrons. The van der Waals surface area contributed by atoms with Gasteiger partial charge in [0.1, 0.15) is 11.4 Å². The maximum absolute atomic E-state index is 10.7. The maximum Gasteiger partial charge on any atom is 0.191 e. The van der Waals surface area contributed by atoms with Crippen LogP contribution in [-0.4, -0.2) is 45.5 Å². The molecule has 0 aliphatic heterocycles. The van der Waals surface area contributed by atoms with Crippen molar-refractivity contribution in [3.8, 4) is 17.2 Å². The number of nitrogens with zero attached hydrogens (tertiary/aromatic N) is 1. The topological polar surface area (TPSA) is 84.3 Å². The predicted molar refractivity (Wildman–Crippen MR) is 128 cm³/mol. The molecule has 0 spiro atoms. The van der Waals surface area contributed by atoms with Gasteiger partial charge >= 0.3 is 0 Å². The van der Waals surface area contributed by atoms with E-state index in [9.17, 15) is 5.11 Å². The second-order valence-corrected chi connectivity index (χ2v) is 7.13. The number of nitrogens with one attached hydrogen (secondary N) is 2. The average Bonchev–Trinajstić information content (AvgIpc) is 3.25. The molecule has 0 bridgehead atoms. The third-order valence-corrected chi connectivity index (χ3v) is 4.96. The van der Waals surface area contributed by atoms with Gasteiger partial charge in [0.2, 0.25) is 0 Å². The smallest absolute Gasteiger partial charge is 0.191 e. The van der Waals surface area contributed by atoms with E-state index in [0.29, 0.717) is 42.8 Å². The quantitative estimate of drug-likeness (QED) is 0.260. The summed E-state index contributed by atoms with van der Waals surface area (Å²) in [5.74, 6) is 2.49. The van der Waals surface area contributed by atoms with E-state index in [1.54, 1.807) is 45.7 Å². The van der Waals surface area contributed by atoms with Crippen molar-refractivity contribution in [2.75, 3.05) is 34.4 Å². The van der Waals surface area contributed by atoms with E-state index < -0.39 is 5.60 Å². The molecule has 9 heteroatoms. The zero-order valence-electron chi connectivity index (χ0n) is 17.4. The highest BCUT2D eigenvalue weighted by atomic mass is 127. The molecule has 1 aromatic heterocycles. The Morgan fingerprint density at radius 3 is 2.31 bits per heavy atom. The number of benzene rings is 1. The number of guanidine groups is 1. The van der Waals surface area contributed by atoms with Gasteiger partial charge in [0.05, 0.1) is 34.4 Å². The van der Waals surface area contributed by atoms with Crippen LogP contribution in [0.3, 0.4) is 0 Å². The van der Waals surface area contributed by atoms with E-state index in [2.05, 4.69) is 15.6 Å². The number of aliphatic hydroxyl groups is 1. The van der Waals surface area contributed by atoms with E-state index >= 15 is 0 Å². The lowest BCUT2D eigenvalue weighted by Crippen LogP contribution is -2.44. The summed E-state index contributed by atoms with van der Waals surface area (Å²) in [6.45, 7) is 5.18. The third-order valence-electron chi connectivity index (χ3n) is 4.28. The first-order valence-corrected chi connectivity index (χ1v) is 9.95. The molecule has 0 saturated carbocycles. The van der Waals surface area contributed by atoms with Crippen LogP contribution in [0.5, 0.6) is 17.2 Å². The number of rotatable bonds is 9. The van der Waals surface area contributed by atoms with Gasteiger partial charge in [-0.05, 0) is 42.3 Å². The van der Waals surface area contributed by atoms with Crippen LogP contribution in [0.2, 0.25) is 0 Å². The molecule has 0 aliphatic rings. The van der Waals surface area contributed by atoms with Crippen LogP contribution in [0.4, 0.5) is 0 Å². The number of methoxy groups -OCH3 is 3. The standard InChI is InChI=1S/C20H29N3O4S.HI/c1-6-21-19(23-13-20(2,24)15-7-8-28-12-15)22-11-14-9-17(26-4)18(27-5)10-16(14)25-3;/h7-10,12,24H,6,11,13H2,1-5H3,(H2,21,22,23);1H. The molecule has 2 rings (SSSR count). The zero-order chi connectivity index (χ0) is 20.6. The van der Waals surface area contributed by atoms with E-state index in [1.807, 2.05) is 29.8 Å². The predicted octanol–water partition coefficient (Wildman–Crippen LogP) is 3.35. The van der Waals surface area contributed by atoms with Crippen LogP contribution < -0.4 is 24.8 Å². The van der Waals surface area contributed by atoms with E-state index in [0.717, 1.165) is 11.1 Å². The van der Waals surface area contributed by atoms with Crippen molar-refractivity contribution in [2.45, 2.75) is 26.0 Å². The van der Waals surface area contributed by atoms with Gasteiger partial charge in [0.25, 0.3) is 0 Å². The van der Waals surface area contributed by atoms with Gasteiger partial charge in [-0.2, -0.15) is 11.3 Å². The maximum atomic E-state index is 10.7. The minimum Gasteiger partial charge on any atom is -0.496 e. The molecular formula is C20H30IN3O4S. The number of ether oxygens (including phenoxy) is 3. The molecule has 0 amide bonds. The molecule has 2 aromatic rings. The summed E-state index contributed by atoms with van der Waals surface area (Å²) in [6, 6.07) is 5.56. The summed E-state index contributed by atoms with van der Waals surface area (Å²) < 4.78 is 16.1. The molecule has 162 valence electrons. The first kappa shape index (κ1) is 25.3. The van der Waals surface area contributed by atoms with Crippen LogP contribution in [0.15, 0.2) is 34.0 Å². The molecule has 1 heterocycles. The Morgan fingerprint density at radius 1 is 1.10 bits per heavy atom. The fourth-order valence-electron chi connectivity index (χ4n) is 2.65. The SMILES string of the molecule is CCNC(=NCc1cc(OC)c(OC)cc1OC)NCC(C)(O)c1ccsc1.I. The molecule has 0 fully saturated rings.